The van der Waals surface area contributed by atoms with Crippen LogP contribution in [0.3, 0.4) is 0 Å². The first-order valence-corrected chi connectivity index (χ1v) is 7.53. The summed E-state index contributed by atoms with van der Waals surface area (Å²) in [5, 5.41) is 7.00. The maximum atomic E-state index is 11.7. The number of nitrogens with one attached hydrogen (secondary N) is 2. The number of hydrogen-bond acceptors (Lipinski definition) is 4. The molecule has 0 aliphatic carbocycles. The average Bonchev–Trinajstić information content (AvgIpc) is 2.56. The Bertz CT molecular complexity index is 666. The molecule has 0 saturated heterocycles. The van der Waals surface area contributed by atoms with Crippen LogP contribution in [0.4, 0.5) is 5.69 Å². The molecule has 2 N–H and O–H groups in total. The van der Waals surface area contributed by atoms with Crippen molar-refractivity contribution >= 4 is 17.8 Å². The monoisotopic (exact) mass is 311 g/mol. The minimum atomic E-state index is -0.205. The molecule has 0 heterocycles. The van der Waals surface area contributed by atoms with Gasteiger partial charge in [-0.1, -0.05) is 24.3 Å². The van der Waals surface area contributed by atoms with Gasteiger partial charge in [0.15, 0.2) is 0 Å². The zero-order chi connectivity index (χ0) is 16.5. The molecule has 0 aromatic heterocycles. The Labute approximate surface area is 136 Å². The molecule has 1 amide bonds. The van der Waals surface area contributed by atoms with Crippen LogP contribution in [0.15, 0.2) is 53.6 Å². The van der Waals surface area contributed by atoms with E-state index in [9.17, 15) is 4.79 Å². The second-order valence-corrected chi connectivity index (χ2v) is 4.96. The highest BCUT2D eigenvalue weighted by Gasteiger charge is 2.00. The van der Waals surface area contributed by atoms with Crippen molar-refractivity contribution in [1.29, 1.82) is 0 Å². The molecule has 0 atom stereocenters. The van der Waals surface area contributed by atoms with Crippen LogP contribution in [0.25, 0.3) is 0 Å². The standard InChI is InChI=1S/C18H21N3O2/c1-3-23-17-10-8-16(9-11-17)19-13-18(22)21-20-12-15-7-5-4-6-14(15)2/h4-12,19H,3,13H2,1-2H3,(H,21,22)/b20-12+. The lowest BCUT2D eigenvalue weighted by Gasteiger charge is -2.07. The topological polar surface area (TPSA) is 62.7 Å². The molecule has 2 aromatic rings. The third kappa shape index (κ3) is 5.47. The highest BCUT2D eigenvalue weighted by atomic mass is 16.5. The minimum Gasteiger partial charge on any atom is -0.494 e. The molecule has 2 rings (SSSR count). The fourth-order valence-corrected chi connectivity index (χ4v) is 1.96. The molecule has 0 saturated carbocycles. The first-order valence-electron chi connectivity index (χ1n) is 7.53. The van der Waals surface area contributed by atoms with E-state index in [-0.39, 0.29) is 12.5 Å². The summed E-state index contributed by atoms with van der Waals surface area (Å²) in [6.07, 6.45) is 1.64. The van der Waals surface area contributed by atoms with Gasteiger partial charge in [0.1, 0.15) is 5.75 Å². The predicted octanol–water partition coefficient (Wildman–Crippen LogP) is 2.96. The van der Waals surface area contributed by atoms with Gasteiger partial charge in [-0.05, 0) is 49.2 Å². The van der Waals surface area contributed by atoms with Gasteiger partial charge in [-0.15, -0.1) is 0 Å². The summed E-state index contributed by atoms with van der Waals surface area (Å²) in [4.78, 5) is 11.7. The molecule has 120 valence electrons. The summed E-state index contributed by atoms with van der Waals surface area (Å²) in [5.74, 6) is 0.606. The van der Waals surface area contributed by atoms with Crippen LogP contribution in [-0.4, -0.2) is 25.3 Å². The van der Waals surface area contributed by atoms with Gasteiger partial charge in [-0.3, -0.25) is 4.79 Å². The lowest BCUT2D eigenvalue weighted by atomic mass is 10.1. The molecular formula is C18H21N3O2. The van der Waals surface area contributed by atoms with E-state index in [1.807, 2.05) is 62.4 Å². The van der Waals surface area contributed by atoms with Crippen molar-refractivity contribution < 1.29 is 9.53 Å². The molecule has 5 nitrogen and oxygen atoms in total. The minimum absolute atomic E-state index is 0.152. The molecule has 2 aromatic carbocycles. The van der Waals surface area contributed by atoms with Gasteiger partial charge in [-0.2, -0.15) is 5.10 Å². The Hall–Kier alpha value is -2.82. The maximum absolute atomic E-state index is 11.7. The molecule has 0 aliphatic heterocycles. The van der Waals surface area contributed by atoms with E-state index >= 15 is 0 Å². The number of benzene rings is 2. The van der Waals surface area contributed by atoms with Crippen LogP contribution in [0.1, 0.15) is 18.1 Å². The third-order valence-corrected chi connectivity index (χ3v) is 3.20. The lowest BCUT2D eigenvalue weighted by molar-refractivity contribution is -0.119. The SMILES string of the molecule is CCOc1ccc(NCC(=O)N/N=C/c2ccccc2C)cc1. The van der Waals surface area contributed by atoms with Crippen LogP contribution < -0.4 is 15.5 Å². The zero-order valence-corrected chi connectivity index (χ0v) is 13.4. The zero-order valence-electron chi connectivity index (χ0n) is 13.4. The van der Waals surface area contributed by atoms with Gasteiger partial charge in [0.2, 0.25) is 0 Å². The number of ether oxygens (including phenoxy) is 1. The molecule has 0 bridgehead atoms. The van der Waals surface area contributed by atoms with Crippen LogP contribution in [0, 0.1) is 6.92 Å². The Morgan fingerprint density at radius 1 is 1.17 bits per heavy atom. The van der Waals surface area contributed by atoms with E-state index in [4.69, 9.17) is 4.74 Å². The van der Waals surface area contributed by atoms with Crippen molar-refractivity contribution in [2.75, 3.05) is 18.5 Å². The van der Waals surface area contributed by atoms with Gasteiger partial charge in [0.25, 0.3) is 5.91 Å². The number of rotatable bonds is 7. The smallest absolute Gasteiger partial charge is 0.259 e. The van der Waals surface area contributed by atoms with E-state index in [1.165, 1.54) is 0 Å². The van der Waals surface area contributed by atoms with Crippen LogP contribution >= 0.6 is 0 Å². The fraction of sp³-hybridized carbons (Fsp3) is 0.222. The summed E-state index contributed by atoms with van der Waals surface area (Å²) in [6, 6.07) is 15.3. The second-order valence-electron chi connectivity index (χ2n) is 4.96. The van der Waals surface area contributed by atoms with Crippen molar-refractivity contribution in [3.63, 3.8) is 0 Å². The number of hydrogen-bond donors (Lipinski definition) is 2. The van der Waals surface area contributed by atoms with E-state index < -0.39 is 0 Å². The Morgan fingerprint density at radius 3 is 2.61 bits per heavy atom. The number of carbonyl (C=O) groups is 1. The fourth-order valence-electron chi connectivity index (χ4n) is 1.96. The summed E-state index contributed by atoms with van der Waals surface area (Å²) in [5.41, 5.74) is 5.45. The van der Waals surface area contributed by atoms with Gasteiger partial charge >= 0.3 is 0 Å². The van der Waals surface area contributed by atoms with Gasteiger partial charge in [0, 0.05) is 5.69 Å². The molecule has 0 unspecified atom stereocenters. The predicted molar refractivity (Wildman–Crippen MR) is 93.0 cm³/mol. The van der Waals surface area contributed by atoms with E-state index in [0.717, 1.165) is 22.6 Å². The summed E-state index contributed by atoms with van der Waals surface area (Å²) in [7, 11) is 0. The molecule has 5 heteroatoms. The van der Waals surface area contributed by atoms with Crippen molar-refractivity contribution in [2.24, 2.45) is 5.10 Å². The number of carbonyl (C=O) groups excluding carboxylic acids is 1. The van der Waals surface area contributed by atoms with E-state index in [0.29, 0.717) is 6.61 Å². The molecule has 0 radical (unpaired) electrons. The van der Waals surface area contributed by atoms with Crippen molar-refractivity contribution in [2.45, 2.75) is 13.8 Å². The first-order chi connectivity index (χ1) is 11.2. The summed E-state index contributed by atoms with van der Waals surface area (Å²) < 4.78 is 5.37. The van der Waals surface area contributed by atoms with Crippen molar-refractivity contribution in [3.8, 4) is 5.75 Å². The second kappa shape index (κ2) is 8.58. The lowest BCUT2D eigenvalue weighted by Crippen LogP contribution is -2.25. The van der Waals surface area contributed by atoms with Gasteiger partial charge in [-0.25, -0.2) is 5.43 Å². The normalized spacial score (nSPS) is 10.5. The summed E-state index contributed by atoms with van der Waals surface area (Å²) in [6.45, 7) is 4.72. The summed E-state index contributed by atoms with van der Waals surface area (Å²) >= 11 is 0. The molecule has 0 spiro atoms. The van der Waals surface area contributed by atoms with E-state index in [2.05, 4.69) is 15.8 Å². The maximum Gasteiger partial charge on any atom is 0.259 e. The highest BCUT2D eigenvalue weighted by molar-refractivity contribution is 5.85. The van der Waals surface area contributed by atoms with Gasteiger partial charge in [0.05, 0.1) is 19.4 Å². The number of amides is 1. The van der Waals surface area contributed by atoms with Crippen molar-refractivity contribution in [3.05, 3.63) is 59.7 Å². The largest absolute Gasteiger partial charge is 0.494 e. The van der Waals surface area contributed by atoms with Crippen LogP contribution in [0.5, 0.6) is 5.75 Å². The van der Waals surface area contributed by atoms with Gasteiger partial charge < -0.3 is 10.1 Å². The molecule has 0 fully saturated rings. The highest BCUT2D eigenvalue weighted by Crippen LogP contribution is 2.15. The Morgan fingerprint density at radius 2 is 1.91 bits per heavy atom. The number of nitrogens with zero attached hydrogens (tertiary/aromatic N) is 1. The molecule has 0 aliphatic rings. The Kier molecular flexibility index (Phi) is 6.17. The number of aryl methyl sites for hydroxylation is 1. The third-order valence-electron chi connectivity index (χ3n) is 3.20. The molecule has 23 heavy (non-hydrogen) atoms. The van der Waals surface area contributed by atoms with Crippen LogP contribution in [0.2, 0.25) is 0 Å². The quantitative estimate of drug-likeness (QED) is 0.610. The average molecular weight is 311 g/mol. The number of anilines is 1. The first kappa shape index (κ1) is 16.5. The number of hydrazone groups is 1. The van der Waals surface area contributed by atoms with Crippen LogP contribution in [-0.2, 0) is 4.79 Å². The van der Waals surface area contributed by atoms with E-state index in [1.54, 1.807) is 6.21 Å². The molecular weight excluding hydrogens is 290 g/mol. The van der Waals surface area contributed by atoms with Crippen molar-refractivity contribution in [1.82, 2.24) is 5.43 Å². The Balaban J connectivity index is 1.78.